The molecule has 3 aromatic heterocycles. The van der Waals surface area contributed by atoms with Crippen LogP contribution in [0.4, 0.5) is 4.39 Å². The molecule has 4 heterocycles. The topological polar surface area (TPSA) is 130 Å². The summed E-state index contributed by atoms with van der Waals surface area (Å²) in [6, 6.07) is 6.62. The molecule has 0 spiro atoms. The summed E-state index contributed by atoms with van der Waals surface area (Å²) in [5.74, 6) is -0.622. The molecule has 4 aromatic rings. The molecule has 2 amide bonds. The fraction of sp³-hybridized carbons (Fsp3) is 0.357. The van der Waals surface area contributed by atoms with Crippen LogP contribution in [-0.2, 0) is 16.8 Å². The molecular formula is C28H32FN7O3. The normalized spacial score (nSPS) is 13.5. The number of hydrogen-bond acceptors (Lipinski definition) is 7. The number of nitrogens with zero attached hydrogens (tertiary/aromatic N) is 5. The van der Waals surface area contributed by atoms with Crippen molar-refractivity contribution in [1.82, 2.24) is 35.3 Å². The molecule has 1 aliphatic heterocycles. The van der Waals surface area contributed by atoms with Crippen molar-refractivity contribution in [1.29, 1.82) is 0 Å². The van der Waals surface area contributed by atoms with Gasteiger partial charge in [0.15, 0.2) is 11.5 Å². The van der Waals surface area contributed by atoms with Gasteiger partial charge in [-0.05, 0) is 43.0 Å². The number of fused-ring (bicyclic) bond motifs is 1. The van der Waals surface area contributed by atoms with Gasteiger partial charge in [0.2, 0.25) is 5.91 Å². The van der Waals surface area contributed by atoms with Gasteiger partial charge in [-0.2, -0.15) is 4.98 Å². The van der Waals surface area contributed by atoms with Crippen LogP contribution >= 0.6 is 0 Å². The predicted molar refractivity (Wildman–Crippen MR) is 144 cm³/mol. The lowest BCUT2D eigenvalue weighted by atomic mass is 9.96. The Morgan fingerprint density at radius 1 is 1.18 bits per heavy atom. The third-order valence-corrected chi connectivity index (χ3v) is 6.26. The number of benzene rings is 1. The van der Waals surface area contributed by atoms with Gasteiger partial charge in [0.25, 0.3) is 0 Å². The van der Waals surface area contributed by atoms with Gasteiger partial charge in [-0.15, -0.1) is 0 Å². The van der Waals surface area contributed by atoms with Crippen molar-refractivity contribution in [2.75, 3.05) is 13.1 Å². The summed E-state index contributed by atoms with van der Waals surface area (Å²) in [6.07, 6.45) is 8.14. The van der Waals surface area contributed by atoms with Crippen molar-refractivity contribution in [3.8, 4) is 11.1 Å². The zero-order valence-electron chi connectivity index (χ0n) is 22.3. The minimum absolute atomic E-state index is 0.00596. The van der Waals surface area contributed by atoms with Gasteiger partial charge in [-0.3, -0.25) is 9.59 Å². The molecule has 0 saturated carbocycles. The minimum atomic E-state index is -0.551. The number of aromatic amines is 1. The van der Waals surface area contributed by atoms with Crippen LogP contribution in [0.3, 0.4) is 0 Å². The van der Waals surface area contributed by atoms with Crippen LogP contribution in [0.5, 0.6) is 0 Å². The fourth-order valence-electron chi connectivity index (χ4n) is 4.06. The number of carbonyl (C=O) groups excluding carboxylic acids is 2. The zero-order valence-corrected chi connectivity index (χ0v) is 22.3. The molecular weight excluding hydrogens is 501 g/mol. The Bertz CT molecular complexity index is 1470. The number of amides is 2. The summed E-state index contributed by atoms with van der Waals surface area (Å²) in [6.45, 7) is 11.0. The number of rotatable bonds is 5. The highest BCUT2D eigenvalue weighted by molar-refractivity contribution is 5.90. The van der Waals surface area contributed by atoms with Gasteiger partial charge in [0.1, 0.15) is 5.82 Å². The van der Waals surface area contributed by atoms with Crippen molar-refractivity contribution >= 4 is 23.0 Å². The molecule has 11 heteroatoms. The van der Waals surface area contributed by atoms with Crippen LogP contribution < -0.4 is 5.32 Å². The van der Waals surface area contributed by atoms with E-state index in [-0.39, 0.29) is 23.8 Å². The van der Waals surface area contributed by atoms with Crippen LogP contribution in [-0.4, -0.2) is 54.9 Å². The first kappa shape index (κ1) is 27.6. The fourth-order valence-corrected chi connectivity index (χ4v) is 4.06. The highest BCUT2D eigenvalue weighted by Crippen LogP contribution is 2.27. The second kappa shape index (κ2) is 12.0. The van der Waals surface area contributed by atoms with E-state index in [2.05, 4.69) is 37.0 Å². The molecule has 1 aliphatic rings. The maximum Gasteiger partial charge on any atom is 0.315 e. The first-order valence-corrected chi connectivity index (χ1v) is 12.8. The van der Waals surface area contributed by atoms with Gasteiger partial charge >= 0.3 is 11.8 Å². The maximum absolute atomic E-state index is 14.6. The van der Waals surface area contributed by atoms with Gasteiger partial charge in [0, 0.05) is 42.4 Å². The van der Waals surface area contributed by atoms with Crippen molar-refractivity contribution in [2.45, 2.75) is 52.0 Å². The number of pyridine rings is 1. The van der Waals surface area contributed by atoms with Crippen molar-refractivity contribution in [2.24, 2.45) is 0 Å². The summed E-state index contributed by atoms with van der Waals surface area (Å²) >= 11 is 0. The smallest absolute Gasteiger partial charge is 0.315 e. The number of nitrogens with one attached hydrogen (secondary N) is 2. The monoisotopic (exact) mass is 533 g/mol. The maximum atomic E-state index is 14.6. The van der Waals surface area contributed by atoms with E-state index in [1.165, 1.54) is 18.6 Å². The van der Waals surface area contributed by atoms with Crippen LogP contribution in [0.2, 0.25) is 0 Å². The molecule has 0 atom stereocenters. The SMILES string of the molecule is C=CC(=O)N1CCCCC1.CC(C)(C)c1noc(C(=O)NCc2ccc(-c3ccnc4nc[nH]c34)cc2F)n1. The van der Waals surface area contributed by atoms with Gasteiger partial charge < -0.3 is 19.7 Å². The summed E-state index contributed by atoms with van der Waals surface area (Å²) in [5.41, 5.74) is 2.78. The van der Waals surface area contributed by atoms with Crippen LogP contribution in [0.1, 0.15) is 62.1 Å². The van der Waals surface area contributed by atoms with E-state index in [0.717, 1.165) is 37.0 Å². The molecule has 5 rings (SSSR count). The highest BCUT2D eigenvalue weighted by atomic mass is 19.1. The number of imidazole rings is 1. The minimum Gasteiger partial charge on any atom is -0.344 e. The average molecular weight is 534 g/mol. The van der Waals surface area contributed by atoms with E-state index in [4.69, 9.17) is 4.52 Å². The summed E-state index contributed by atoms with van der Waals surface area (Å²) in [5, 5.41) is 6.42. The Balaban J connectivity index is 0.000000298. The summed E-state index contributed by atoms with van der Waals surface area (Å²) in [4.78, 5) is 40.4. The van der Waals surface area contributed by atoms with E-state index < -0.39 is 11.7 Å². The second-order valence-electron chi connectivity index (χ2n) is 10.2. The summed E-state index contributed by atoms with van der Waals surface area (Å²) < 4.78 is 19.6. The van der Waals surface area contributed by atoms with Crippen molar-refractivity contribution < 1.29 is 18.5 Å². The lowest BCUT2D eigenvalue weighted by Crippen LogP contribution is -2.34. The third kappa shape index (κ3) is 6.73. The first-order valence-electron chi connectivity index (χ1n) is 12.8. The molecule has 1 saturated heterocycles. The Labute approximate surface area is 225 Å². The Morgan fingerprint density at radius 2 is 1.95 bits per heavy atom. The highest BCUT2D eigenvalue weighted by Gasteiger charge is 2.24. The van der Waals surface area contributed by atoms with Crippen LogP contribution in [0.25, 0.3) is 22.3 Å². The number of hydrogen-bond donors (Lipinski definition) is 2. The molecule has 204 valence electrons. The zero-order chi connectivity index (χ0) is 28.0. The van der Waals surface area contributed by atoms with Gasteiger partial charge in [-0.25, -0.2) is 14.4 Å². The van der Waals surface area contributed by atoms with Crippen molar-refractivity contribution in [3.63, 3.8) is 0 Å². The molecule has 1 fully saturated rings. The molecule has 39 heavy (non-hydrogen) atoms. The number of halogens is 1. The quantitative estimate of drug-likeness (QED) is 0.360. The number of aromatic nitrogens is 5. The summed E-state index contributed by atoms with van der Waals surface area (Å²) in [7, 11) is 0. The molecule has 0 unspecified atom stereocenters. The number of piperidine rings is 1. The number of carbonyl (C=O) groups is 2. The van der Waals surface area contributed by atoms with Crippen molar-refractivity contribution in [3.05, 3.63) is 72.5 Å². The number of H-pyrrole nitrogens is 1. The largest absolute Gasteiger partial charge is 0.344 e. The Morgan fingerprint density at radius 3 is 2.62 bits per heavy atom. The molecule has 0 bridgehead atoms. The van der Waals surface area contributed by atoms with Gasteiger partial charge in [-0.1, -0.05) is 44.6 Å². The Hall–Kier alpha value is -4.41. The number of likely N-dealkylation sites (tertiary alicyclic amines) is 1. The first-order chi connectivity index (χ1) is 18.7. The standard InChI is InChI=1S/C20H19FN6O2.C8H13NO/c1-20(2,3)19-26-18(29-27-19)17(28)23-9-12-5-4-11(8-14(12)21)13-6-7-22-16-15(13)24-10-25-16;1-2-8(10)9-6-4-3-5-7-9/h4-8,10H,9H2,1-3H3,(H,23,28)(H,22,24,25);2H,1,3-7H2. The Kier molecular flexibility index (Phi) is 8.48. The molecule has 0 radical (unpaired) electrons. The lowest BCUT2D eigenvalue weighted by Gasteiger charge is -2.25. The molecule has 1 aromatic carbocycles. The van der Waals surface area contributed by atoms with Gasteiger partial charge in [0.05, 0.1) is 11.8 Å². The lowest BCUT2D eigenvalue weighted by molar-refractivity contribution is -0.126. The van der Waals surface area contributed by atoms with E-state index in [9.17, 15) is 14.0 Å². The second-order valence-corrected chi connectivity index (χ2v) is 10.2. The van der Waals surface area contributed by atoms with E-state index in [1.54, 1.807) is 30.7 Å². The molecule has 2 N–H and O–H groups in total. The van der Waals surface area contributed by atoms with Crippen LogP contribution in [0.15, 0.2) is 54.0 Å². The average Bonchev–Trinajstić information content (AvgIpc) is 3.63. The molecule has 0 aliphatic carbocycles. The third-order valence-electron chi connectivity index (χ3n) is 6.26. The van der Waals surface area contributed by atoms with E-state index in [1.807, 2.05) is 25.7 Å². The predicted octanol–water partition coefficient (Wildman–Crippen LogP) is 4.56. The van der Waals surface area contributed by atoms with Crippen LogP contribution in [0, 0.1) is 5.82 Å². The molecule has 10 nitrogen and oxygen atoms in total. The van der Waals surface area contributed by atoms with E-state index >= 15 is 0 Å². The van der Waals surface area contributed by atoms with E-state index in [0.29, 0.717) is 22.6 Å².